The summed E-state index contributed by atoms with van der Waals surface area (Å²) in [5, 5.41) is 0. The Morgan fingerprint density at radius 1 is 0.844 bits per heavy atom. The number of hydrogen-bond acceptors (Lipinski definition) is 3. The summed E-state index contributed by atoms with van der Waals surface area (Å²) in [5.74, 6) is 1.29. The van der Waals surface area contributed by atoms with Crippen molar-refractivity contribution < 1.29 is 14.3 Å². The van der Waals surface area contributed by atoms with E-state index in [-0.39, 0.29) is 5.97 Å². The molecule has 32 heavy (non-hydrogen) atoms. The number of carbonyl (C=O) groups is 1. The average molecular weight is 435 g/mol. The van der Waals surface area contributed by atoms with E-state index in [4.69, 9.17) is 9.47 Å². The normalized spacial score (nSPS) is 15.8. The highest BCUT2D eigenvalue weighted by molar-refractivity contribution is 5.88. The molecule has 2 aromatic carbocycles. The third kappa shape index (κ3) is 7.25. The van der Waals surface area contributed by atoms with Gasteiger partial charge in [-0.3, -0.25) is 0 Å². The van der Waals surface area contributed by atoms with Gasteiger partial charge in [-0.2, -0.15) is 0 Å². The lowest BCUT2D eigenvalue weighted by molar-refractivity contribution is -0.139. The molecule has 3 nitrogen and oxygen atoms in total. The maximum absolute atomic E-state index is 12.2. The molecule has 3 rings (SSSR count). The van der Waals surface area contributed by atoms with Crippen LogP contribution in [0.25, 0.3) is 11.1 Å². The summed E-state index contributed by atoms with van der Waals surface area (Å²) < 4.78 is 11.2. The molecule has 0 amide bonds. The molecule has 0 heterocycles. The molecule has 0 saturated heterocycles. The number of carbonyl (C=O) groups excluding carboxylic acids is 1. The van der Waals surface area contributed by atoms with Crippen molar-refractivity contribution in [2.24, 2.45) is 0 Å². The molecule has 0 saturated carbocycles. The van der Waals surface area contributed by atoms with E-state index >= 15 is 0 Å². The van der Waals surface area contributed by atoms with Gasteiger partial charge in [-0.15, -0.1) is 0 Å². The topological polar surface area (TPSA) is 35.5 Å². The fourth-order valence-electron chi connectivity index (χ4n) is 4.17. The van der Waals surface area contributed by atoms with Gasteiger partial charge >= 0.3 is 5.97 Å². The zero-order chi connectivity index (χ0) is 22.6. The second-order valence-electron chi connectivity index (χ2n) is 8.75. The maximum Gasteiger partial charge on any atom is 0.333 e. The van der Waals surface area contributed by atoms with Gasteiger partial charge in [0, 0.05) is 5.57 Å². The minimum absolute atomic E-state index is 0.118. The number of benzene rings is 2. The van der Waals surface area contributed by atoms with Gasteiger partial charge < -0.3 is 9.47 Å². The number of unbranched alkanes of at least 4 members (excludes halogenated alkanes) is 4. The molecule has 2 aromatic rings. The zero-order valence-corrected chi connectivity index (χ0v) is 19.8. The van der Waals surface area contributed by atoms with Crippen LogP contribution in [-0.2, 0) is 9.53 Å². The summed E-state index contributed by atoms with van der Waals surface area (Å²) in [6, 6.07) is 17.3. The number of esters is 1. The Morgan fingerprint density at radius 2 is 1.47 bits per heavy atom. The molecule has 0 aromatic heterocycles. The number of rotatable bonds is 12. The monoisotopic (exact) mass is 434 g/mol. The smallest absolute Gasteiger partial charge is 0.333 e. The molecule has 0 bridgehead atoms. The number of ether oxygens (including phenoxy) is 2. The first-order valence-electron chi connectivity index (χ1n) is 12.4. The first-order valence-corrected chi connectivity index (χ1v) is 12.4. The van der Waals surface area contributed by atoms with E-state index in [1.165, 1.54) is 29.5 Å². The van der Waals surface area contributed by atoms with Gasteiger partial charge in [-0.25, -0.2) is 4.79 Å². The minimum atomic E-state index is -0.118. The highest BCUT2D eigenvalue weighted by Gasteiger charge is 2.21. The molecule has 0 spiro atoms. The van der Waals surface area contributed by atoms with Crippen LogP contribution in [0.3, 0.4) is 0 Å². The SMILES string of the molecule is CCCCCOC(=O)C1=CCC(c2ccc(-c3ccc(OCCCCC)cc3)cc2)CC1. The van der Waals surface area contributed by atoms with Crippen LogP contribution in [-0.4, -0.2) is 19.2 Å². The summed E-state index contributed by atoms with van der Waals surface area (Å²) >= 11 is 0. The maximum atomic E-state index is 12.2. The zero-order valence-electron chi connectivity index (χ0n) is 19.8. The average Bonchev–Trinajstić information content (AvgIpc) is 2.85. The molecule has 1 aliphatic rings. The van der Waals surface area contributed by atoms with Crippen molar-refractivity contribution >= 4 is 5.97 Å². The van der Waals surface area contributed by atoms with Crippen molar-refractivity contribution in [1.29, 1.82) is 0 Å². The van der Waals surface area contributed by atoms with E-state index in [2.05, 4.69) is 68.5 Å². The van der Waals surface area contributed by atoms with Gasteiger partial charge in [0.25, 0.3) is 0 Å². The molecule has 1 atom stereocenters. The Balaban J connectivity index is 1.50. The summed E-state index contributed by atoms with van der Waals surface area (Å²) in [5.41, 5.74) is 4.62. The fraction of sp³-hybridized carbons (Fsp3) is 0.483. The number of allylic oxidation sites excluding steroid dienone is 1. The van der Waals surface area contributed by atoms with Gasteiger partial charge in [0.15, 0.2) is 0 Å². The molecule has 0 N–H and O–H groups in total. The van der Waals surface area contributed by atoms with Gasteiger partial charge in [0.05, 0.1) is 13.2 Å². The van der Waals surface area contributed by atoms with Crippen molar-refractivity contribution in [2.45, 2.75) is 77.6 Å². The van der Waals surface area contributed by atoms with Crippen LogP contribution in [0, 0.1) is 0 Å². The highest BCUT2D eigenvalue weighted by atomic mass is 16.5. The third-order valence-electron chi connectivity index (χ3n) is 6.24. The third-order valence-corrected chi connectivity index (χ3v) is 6.24. The van der Waals surface area contributed by atoms with Crippen LogP contribution >= 0.6 is 0 Å². The van der Waals surface area contributed by atoms with Crippen molar-refractivity contribution in [3.05, 3.63) is 65.7 Å². The lowest BCUT2D eigenvalue weighted by Gasteiger charge is -2.22. The Bertz CT molecular complexity index is 849. The summed E-state index contributed by atoms with van der Waals surface area (Å²) in [7, 11) is 0. The molecule has 172 valence electrons. The van der Waals surface area contributed by atoms with E-state index in [0.717, 1.165) is 62.9 Å². The highest BCUT2D eigenvalue weighted by Crippen LogP contribution is 2.34. The first-order chi connectivity index (χ1) is 15.7. The summed E-state index contributed by atoms with van der Waals surface area (Å²) in [6.07, 6.45) is 11.5. The van der Waals surface area contributed by atoms with E-state index < -0.39 is 0 Å². The Kier molecular flexibility index (Phi) is 9.87. The molecule has 3 heteroatoms. The van der Waals surface area contributed by atoms with Gasteiger partial charge in [-0.05, 0) is 66.8 Å². The fourth-order valence-corrected chi connectivity index (χ4v) is 4.17. The molecule has 0 fully saturated rings. The van der Waals surface area contributed by atoms with Crippen molar-refractivity contribution in [3.63, 3.8) is 0 Å². The Labute approximate surface area is 193 Å². The standard InChI is InChI=1S/C29H38O3/c1-3-5-7-21-31-28-19-17-26(18-20-28)24-11-9-23(10-12-24)25-13-15-27(16-14-25)29(30)32-22-8-6-4-2/h9-12,15,17-20,25H,3-8,13-14,16,21-22H2,1-2H3. The van der Waals surface area contributed by atoms with Gasteiger partial charge in [-0.1, -0.05) is 82.0 Å². The Morgan fingerprint density at radius 3 is 2.06 bits per heavy atom. The van der Waals surface area contributed by atoms with Crippen molar-refractivity contribution in [2.75, 3.05) is 13.2 Å². The summed E-state index contributed by atoms with van der Waals surface area (Å²) in [6.45, 7) is 5.69. The number of hydrogen-bond donors (Lipinski definition) is 0. The Hall–Kier alpha value is -2.55. The van der Waals surface area contributed by atoms with Crippen molar-refractivity contribution in [3.8, 4) is 16.9 Å². The summed E-state index contributed by atoms with van der Waals surface area (Å²) in [4.78, 5) is 12.2. The van der Waals surface area contributed by atoms with Crippen LogP contribution in [0.15, 0.2) is 60.2 Å². The molecular weight excluding hydrogens is 396 g/mol. The predicted octanol–water partition coefficient (Wildman–Crippen LogP) is 7.85. The first kappa shape index (κ1) is 24.1. The molecular formula is C29H38O3. The van der Waals surface area contributed by atoms with E-state index in [0.29, 0.717) is 12.5 Å². The lowest BCUT2D eigenvalue weighted by Crippen LogP contribution is -2.14. The van der Waals surface area contributed by atoms with E-state index in [1.54, 1.807) is 0 Å². The second-order valence-corrected chi connectivity index (χ2v) is 8.75. The predicted molar refractivity (Wildman–Crippen MR) is 132 cm³/mol. The van der Waals surface area contributed by atoms with Crippen LogP contribution in [0.5, 0.6) is 5.75 Å². The molecule has 1 aliphatic carbocycles. The van der Waals surface area contributed by atoms with E-state index in [9.17, 15) is 4.79 Å². The van der Waals surface area contributed by atoms with Crippen LogP contribution in [0.4, 0.5) is 0 Å². The quantitative estimate of drug-likeness (QED) is 0.252. The molecule has 0 aliphatic heterocycles. The van der Waals surface area contributed by atoms with Crippen LogP contribution in [0.2, 0.25) is 0 Å². The van der Waals surface area contributed by atoms with Gasteiger partial charge in [0.1, 0.15) is 5.75 Å². The van der Waals surface area contributed by atoms with Crippen LogP contribution < -0.4 is 4.74 Å². The molecule has 0 radical (unpaired) electrons. The largest absolute Gasteiger partial charge is 0.494 e. The van der Waals surface area contributed by atoms with Crippen molar-refractivity contribution in [1.82, 2.24) is 0 Å². The van der Waals surface area contributed by atoms with Crippen LogP contribution in [0.1, 0.15) is 83.1 Å². The van der Waals surface area contributed by atoms with E-state index in [1.807, 2.05) is 0 Å². The lowest BCUT2D eigenvalue weighted by atomic mass is 9.84. The van der Waals surface area contributed by atoms with Gasteiger partial charge in [0.2, 0.25) is 0 Å². The second kappa shape index (κ2) is 13.1. The minimum Gasteiger partial charge on any atom is -0.494 e. The molecule has 1 unspecified atom stereocenters.